The highest BCUT2D eigenvalue weighted by Gasteiger charge is 2.07. The van der Waals surface area contributed by atoms with Crippen molar-refractivity contribution >= 4 is 34.4 Å². The monoisotopic (exact) mass is 380 g/mol. The van der Waals surface area contributed by atoms with Crippen molar-refractivity contribution < 1.29 is 19.4 Å². The average molecular weight is 380 g/mol. The molecule has 2 N–H and O–H groups in total. The molecule has 0 aliphatic carbocycles. The van der Waals surface area contributed by atoms with Crippen molar-refractivity contribution in [2.75, 3.05) is 11.9 Å². The fourth-order valence-corrected chi connectivity index (χ4v) is 2.94. The molecule has 7 heteroatoms. The standard InChI is InChI=1S/C20H16N2O4S/c23-18(11-6-14-4-2-1-3-5-14)22-20-21-17(13-27-20)15-7-9-16(10-8-15)26-12-19(24)25/h1-11,13H,12H2,(H,24,25)(H,21,22,23)/b11-6+. The van der Waals surface area contributed by atoms with Crippen molar-refractivity contribution in [2.24, 2.45) is 0 Å². The molecule has 0 saturated carbocycles. The van der Waals surface area contributed by atoms with Crippen molar-refractivity contribution in [3.63, 3.8) is 0 Å². The van der Waals surface area contributed by atoms with E-state index in [9.17, 15) is 9.59 Å². The molecule has 3 aromatic rings. The third-order valence-electron chi connectivity index (χ3n) is 3.47. The van der Waals surface area contributed by atoms with E-state index >= 15 is 0 Å². The van der Waals surface area contributed by atoms with Gasteiger partial charge in [0.25, 0.3) is 0 Å². The lowest BCUT2D eigenvalue weighted by atomic mass is 10.2. The highest BCUT2D eigenvalue weighted by Crippen LogP contribution is 2.26. The Morgan fingerprint density at radius 2 is 1.85 bits per heavy atom. The number of carboxylic acid groups (broad SMARTS) is 1. The second kappa shape index (κ2) is 8.77. The van der Waals surface area contributed by atoms with Crippen molar-refractivity contribution in [1.29, 1.82) is 0 Å². The Hall–Kier alpha value is -3.45. The van der Waals surface area contributed by atoms with Gasteiger partial charge in [-0.05, 0) is 35.9 Å². The lowest BCUT2D eigenvalue weighted by Crippen LogP contribution is -2.09. The Morgan fingerprint density at radius 3 is 2.56 bits per heavy atom. The first kappa shape index (κ1) is 18.3. The van der Waals surface area contributed by atoms with E-state index in [-0.39, 0.29) is 12.5 Å². The average Bonchev–Trinajstić information content (AvgIpc) is 3.14. The summed E-state index contributed by atoms with van der Waals surface area (Å²) in [6, 6.07) is 16.5. The minimum Gasteiger partial charge on any atom is -0.482 e. The molecule has 0 bridgehead atoms. The highest BCUT2D eigenvalue weighted by molar-refractivity contribution is 7.14. The van der Waals surface area contributed by atoms with Crippen LogP contribution in [0.1, 0.15) is 5.56 Å². The molecular weight excluding hydrogens is 364 g/mol. The highest BCUT2D eigenvalue weighted by atomic mass is 32.1. The number of hydrogen-bond donors (Lipinski definition) is 2. The van der Waals surface area contributed by atoms with Crippen LogP contribution in [0.3, 0.4) is 0 Å². The molecule has 2 aromatic carbocycles. The molecule has 0 atom stereocenters. The van der Waals surface area contributed by atoms with Crippen LogP contribution >= 0.6 is 11.3 Å². The van der Waals surface area contributed by atoms with Gasteiger partial charge in [-0.1, -0.05) is 30.3 Å². The van der Waals surface area contributed by atoms with Crippen LogP contribution in [0.5, 0.6) is 5.75 Å². The van der Waals surface area contributed by atoms with Gasteiger partial charge >= 0.3 is 5.97 Å². The van der Waals surface area contributed by atoms with E-state index < -0.39 is 5.97 Å². The lowest BCUT2D eigenvalue weighted by molar-refractivity contribution is -0.139. The first-order valence-electron chi connectivity index (χ1n) is 8.05. The van der Waals surface area contributed by atoms with E-state index in [1.807, 2.05) is 35.7 Å². The quantitative estimate of drug-likeness (QED) is 0.607. The lowest BCUT2D eigenvalue weighted by Gasteiger charge is -2.03. The summed E-state index contributed by atoms with van der Waals surface area (Å²) in [7, 11) is 0. The molecule has 1 heterocycles. The van der Waals surface area contributed by atoms with Gasteiger partial charge in [0.05, 0.1) is 5.69 Å². The number of amides is 1. The minimum atomic E-state index is -1.03. The largest absolute Gasteiger partial charge is 0.482 e. The van der Waals surface area contributed by atoms with E-state index in [4.69, 9.17) is 9.84 Å². The zero-order chi connectivity index (χ0) is 19.1. The van der Waals surface area contributed by atoms with E-state index in [0.29, 0.717) is 16.6 Å². The molecule has 1 aromatic heterocycles. The summed E-state index contributed by atoms with van der Waals surface area (Å²) in [6.45, 7) is -0.386. The second-order valence-electron chi connectivity index (χ2n) is 5.48. The number of carboxylic acids is 1. The number of thiazole rings is 1. The molecule has 6 nitrogen and oxygen atoms in total. The summed E-state index contributed by atoms with van der Waals surface area (Å²) in [5.41, 5.74) is 2.50. The number of anilines is 1. The van der Waals surface area contributed by atoms with Gasteiger partial charge in [0.1, 0.15) is 5.75 Å². The topological polar surface area (TPSA) is 88.5 Å². The van der Waals surface area contributed by atoms with E-state index in [1.165, 1.54) is 17.4 Å². The number of carbonyl (C=O) groups is 2. The van der Waals surface area contributed by atoms with Gasteiger partial charge in [0.2, 0.25) is 5.91 Å². The first-order chi connectivity index (χ1) is 13.1. The molecule has 3 rings (SSSR count). The summed E-state index contributed by atoms with van der Waals surface area (Å²) in [5, 5.41) is 13.7. The third kappa shape index (κ3) is 5.52. The van der Waals surface area contributed by atoms with Crippen molar-refractivity contribution in [3.8, 4) is 17.0 Å². The molecule has 0 spiro atoms. The number of rotatable bonds is 7. The Labute approximate surface area is 159 Å². The number of nitrogens with one attached hydrogen (secondary N) is 1. The molecule has 1 amide bonds. The molecule has 0 radical (unpaired) electrons. The fourth-order valence-electron chi connectivity index (χ4n) is 2.21. The van der Waals surface area contributed by atoms with Crippen LogP contribution < -0.4 is 10.1 Å². The minimum absolute atomic E-state index is 0.253. The number of aromatic nitrogens is 1. The van der Waals surface area contributed by atoms with Crippen LogP contribution in [0.15, 0.2) is 66.1 Å². The normalized spacial score (nSPS) is 10.7. The number of carbonyl (C=O) groups excluding carboxylic acids is 1. The van der Waals surface area contributed by atoms with Gasteiger partial charge < -0.3 is 9.84 Å². The maximum atomic E-state index is 12.0. The molecule has 0 fully saturated rings. The summed E-state index contributed by atoms with van der Waals surface area (Å²) in [6.07, 6.45) is 3.20. The van der Waals surface area contributed by atoms with Crippen LogP contribution in [0.2, 0.25) is 0 Å². The van der Waals surface area contributed by atoms with Gasteiger partial charge in [-0.25, -0.2) is 9.78 Å². The molecule has 0 saturated heterocycles. The van der Waals surface area contributed by atoms with Gasteiger partial charge in [0.15, 0.2) is 11.7 Å². The Balaban J connectivity index is 1.60. The van der Waals surface area contributed by atoms with Crippen LogP contribution in [0.4, 0.5) is 5.13 Å². The molecular formula is C20H16N2O4S. The second-order valence-corrected chi connectivity index (χ2v) is 6.34. The Bertz CT molecular complexity index is 950. The summed E-state index contributed by atoms with van der Waals surface area (Å²) >= 11 is 1.33. The van der Waals surface area contributed by atoms with Crippen LogP contribution in [-0.2, 0) is 9.59 Å². The van der Waals surface area contributed by atoms with Crippen LogP contribution in [0, 0.1) is 0 Å². The van der Waals surface area contributed by atoms with Crippen LogP contribution in [0.25, 0.3) is 17.3 Å². The van der Waals surface area contributed by atoms with E-state index in [2.05, 4.69) is 10.3 Å². The maximum absolute atomic E-state index is 12.0. The van der Waals surface area contributed by atoms with Gasteiger partial charge in [-0.2, -0.15) is 0 Å². The molecule has 0 unspecified atom stereocenters. The molecule has 27 heavy (non-hydrogen) atoms. The van der Waals surface area contributed by atoms with Gasteiger partial charge in [-0.15, -0.1) is 11.3 Å². The van der Waals surface area contributed by atoms with E-state index in [0.717, 1.165) is 11.1 Å². The molecule has 0 aliphatic heterocycles. The smallest absolute Gasteiger partial charge is 0.341 e. The van der Waals surface area contributed by atoms with Crippen molar-refractivity contribution in [3.05, 3.63) is 71.6 Å². The maximum Gasteiger partial charge on any atom is 0.341 e. The zero-order valence-corrected chi connectivity index (χ0v) is 15.0. The fraction of sp³-hybridized carbons (Fsp3) is 0.0500. The number of benzene rings is 2. The van der Waals surface area contributed by atoms with Gasteiger partial charge in [-0.3, -0.25) is 10.1 Å². The predicted molar refractivity (Wildman–Crippen MR) is 105 cm³/mol. The number of aliphatic carboxylic acids is 1. The van der Waals surface area contributed by atoms with Gasteiger partial charge in [0, 0.05) is 17.0 Å². The summed E-state index contributed by atoms with van der Waals surface area (Å²) < 4.78 is 5.10. The third-order valence-corrected chi connectivity index (χ3v) is 4.23. The van der Waals surface area contributed by atoms with Crippen molar-refractivity contribution in [1.82, 2.24) is 4.98 Å². The van der Waals surface area contributed by atoms with E-state index in [1.54, 1.807) is 30.3 Å². The van der Waals surface area contributed by atoms with Crippen LogP contribution in [-0.4, -0.2) is 28.6 Å². The number of hydrogen-bond acceptors (Lipinski definition) is 5. The zero-order valence-electron chi connectivity index (χ0n) is 14.2. The summed E-state index contributed by atoms with van der Waals surface area (Å²) in [4.78, 5) is 26.9. The number of nitrogens with zero attached hydrogens (tertiary/aromatic N) is 1. The SMILES string of the molecule is O=C(O)COc1ccc(-c2csc(NC(=O)/C=C/c3ccccc3)n2)cc1. The predicted octanol–water partition coefficient (Wildman–Crippen LogP) is 3.93. The number of ether oxygens (including phenoxy) is 1. The molecule has 136 valence electrons. The Kier molecular flexibility index (Phi) is 5.96. The molecule has 0 aliphatic rings. The summed E-state index contributed by atoms with van der Waals surface area (Å²) in [5.74, 6) is -0.812. The van der Waals surface area contributed by atoms with Crippen molar-refractivity contribution in [2.45, 2.75) is 0 Å². The first-order valence-corrected chi connectivity index (χ1v) is 8.93. The Morgan fingerprint density at radius 1 is 1.11 bits per heavy atom.